The van der Waals surface area contributed by atoms with E-state index in [4.69, 9.17) is 17.0 Å². The number of hydrogen-bond donors (Lipinski definition) is 1. The Kier molecular flexibility index (Phi) is 6.05. The van der Waals surface area contributed by atoms with Gasteiger partial charge in [0.2, 0.25) is 0 Å². The van der Waals surface area contributed by atoms with Crippen LogP contribution in [-0.2, 0) is 11.3 Å². The molecule has 1 aliphatic heterocycles. The third-order valence-corrected chi connectivity index (χ3v) is 6.28. The van der Waals surface area contributed by atoms with Gasteiger partial charge in [0, 0.05) is 42.7 Å². The third-order valence-electron chi connectivity index (χ3n) is 5.92. The van der Waals surface area contributed by atoms with Crippen molar-refractivity contribution in [3.63, 3.8) is 0 Å². The normalized spacial score (nSPS) is 17.4. The minimum atomic E-state index is -0.359. The molecular weight excluding hydrogens is 446 g/mol. The minimum absolute atomic E-state index is 0.113. The van der Waals surface area contributed by atoms with Crippen molar-refractivity contribution in [3.8, 4) is 5.69 Å². The Bertz CT molecular complexity index is 1290. The highest BCUT2D eigenvalue weighted by Gasteiger charge is 2.41. The van der Waals surface area contributed by atoms with Gasteiger partial charge in [-0.3, -0.25) is 9.97 Å². The number of nitrogens with zero attached hydrogens (tertiary/aromatic N) is 4. The molecule has 5 rings (SSSR count). The molecule has 170 valence electrons. The molecule has 1 saturated heterocycles. The fourth-order valence-electron chi connectivity index (χ4n) is 4.33. The Morgan fingerprint density at radius 3 is 2.62 bits per heavy atom. The van der Waals surface area contributed by atoms with E-state index in [0.29, 0.717) is 17.2 Å². The molecule has 0 spiro atoms. The third kappa shape index (κ3) is 4.15. The number of carbonyl (C=O) groups excluding carboxylic acids is 1. The van der Waals surface area contributed by atoms with Crippen molar-refractivity contribution in [2.45, 2.75) is 18.6 Å². The van der Waals surface area contributed by atoms with Crippen LogP contribution in [0.4, 0.5) is 0 Å². The maximum Gasteiger partial charge on any atom is 0.337 e. The smallest absolute Gasteiger partial charge is 0.337 e. The van der Waals surface area contributed by atoms with Gasteiger partial charge in [-0.2, -0.15) is 0 Å². The predicted molar refractivity (Wildman–Crippen MR) is 132 cm³/mol. The fourth-order valence-corrected chi connectivity index (χ4v) is 4.64. The average molecular weight is 470 g/mol. The van der Waals surface area contributed by atoms with Crippen molar-refractivity contribution in [1.29, 1.82) is 0 Å². The SMILES string of the molecule is COC(=O)c1ccc(-n2cccc2[C@@H]2[C@H](c3ccccn3)NC(=S)N2Cc2cccnc2)cc1. The van der Waals surface area contributed by atoms with Gasteiger partial charge in [-0.15, -0.1) is 0 Å². The average Bonchev–Trinajstić information content (AvgIpc) is 3.49. The molecule has 8 heteroatoms. The minimum Gasteiger partial charge on any atom is -0.465 e. The molecule has 4 heterocycles. The van der Waals surface area contributed by atoms with Crippen LogP contribution >= 0.6 is 12.2 Å². The lowest BCUT2D eigenvalue weighted by Gasteiger charge is -2.29. The molecule has 0 amide bonds. The summed E-state index contributed by atoms with van der Waals surface area (Å²) in [5, 5.41) is 4.15. The molecule has 2 atom stereocenters. The number of pyridine rings is 2. The first kappa shape index (κ1) is 21.8. The highest BCUT2D eigenvalue weighted by atomic mass is 32.1. The number of carbonyl (C=O) groups is 1. The second kappa shape index (κ2) is 9.44. The molecule has 0 radical (unpaired) electrons. The zero-order valence-corrected chi connectivity index (χ0v) is 19.4. The lowest BCUT2D eigenvalue weighted by atomic mass is 10.0. The van der Waals surface area contributed by atoms with Crippen LogP contribution in [0.25, 0.3) is 5.69 Å². The molecule has 0 saturated carbocycles. The van der Waals surface area contributed by atoms with Crippen LogP contribution in [0.3, 0.4) is 0 Å². The Hall–Kier alpha value is -4.04. The topological polar surface area (TPSA) is 72.3 Å². The Labute approximate surface area is 203 Å². The molecule has 1 N–H and O–H groups in total. The number of benzene rings is 1. The molecule has 7 nitrogen and oxygen atoms in total. The van der Waals surface area contributed by atoms with Gasteiger partial charge in [0.15, 0.2) is 5.11 Å². The number of methoxy groups -OCH3 is 1. The van der Waals surface area contributed by atoms with Crippen molar-refractivity contribution in [1.82, 2.24) is 24.8 Å². The van der Waals surface area contributed by atoms with Crippen LogP contribution in [0.15, 0.2) is 91.5 Å². The quantitative estimate of drug-likeness (QED) is 0.335. The summed E-state index contributed by atoms with van der Waals surface area (Å²) in [5.74, 6) is -0.359. The molecule has 1 aromatic carbocycles. The van der Waals surface area contributed by atoms with E-state index >= 15 is 0 Å². The summed E-state index contributed by atoms with van der Waals surface area (Å²) in [6.45, 7) is 0.611. The van der Waals surface area contributed by atoms with E-state index in [9.17, 15) is 4.79 Å². The largest absolute Gasteiger partial charge is 0.465 e. The number of thiocarbonyl (C=S) groups is 1. The number of hydrogen-bond acceptors (Lipinski definition) is 5. The first-order valence-electron chi connectivity index (χ1n) is 10.9. The number of ether oxygens (including phenoxy) is 1. The maximum atomic E-state index is 11.9. The summed E-state index contributed by atoms with van der Waals surface area (Å²) < 4.78 is 6.95. The van der Waals surface area contributed by atoms with Crippen molar-refractivity contribution in [3.05, 3.63) is 114 Å². The number of rotatable bonds is 6. The van der Waals surface area contributed by atoms with Crippen molar-refractivity contribution in [2.24, 2.45) is 0 Å². The second-order valence-corrected chi connectivity index (χ2v) is 8.34. The van der Waals surface area contributed by atoms with E-state index in [0.717, 1.165) is 22.6 Å². The van der Waals surface area contributed by atoms with Crippen molar-refractivity contribution < 1.29 is 9.53 Å². The molecule has 3 aromatic heterocycles. The van der Waals surface area contributed by atoms with Gasteiger partial charge in [0.05, 0.1) is 30.5 Å². The van der Waals surface area contributed by atoms with Crippen LogP contribution in [0.1, 0.15) is 39.4 Å². The molecule has 1 aliphatic rings. The van der Waals surface area contributed by atoms with E-state index in [-0.39, 0.29) is 18.1 Å². The lowest BCUT2D eigenvalue weighted by Crippen LogP contribution is -2.30. The van der Waals surface area contributed by atoms with E-state index in [2.05, 4.69) is 30.8 Å². The van der Waals surface area contributed by atoms with Crippen LogP contribution < -0.4 is 5.32 Å². The van der Waals surface area contributed by atoms with Crippen LogP contribution in [0, 0.1) is 0 Å². The van der Waals surface area contributed by atoms with E-state index in [1.807, 2.05) is 60.9 Å². The summed E-state index contributed by atoms with van der Waals surface area (Å²) in [4.78, 5) is 22.9. The number of aromatic nitrogens is 3. The van der Waals surface area contributed by atoms with Gasteiger partial charge in [0.1, 0.15) is 0 Å². The van der Waals surface area contributed by atoms with E-state index in [1.165, 1.54) is 7.11 Å². The monoisotopic (exact) mass is 469 g/mol. The van der Waals surface area contributed by atoms with Crippen LogP contribution in [0.5, 0.6) is 0 Å². The summed E-state index contributed by atoms with van der Waals surface area (Å²) in [6, 6.07) is 21.1. The van der Waals surface area contributed by atoms with Gasteiger partial charge in [-0.25, -0.2) is 4.79 Å². The summed E-state index contributed by atoms with van der Waals surface area (Å²) in [6.07, 6.45) is 7.44. The van der Waals surface area contributed by atoms with Crippen LogP contribution in [0.2, 0.25) is 0 Å². The van der Waals surface area contributed by atoms with Gasteiger partial charge < -0.3 is 19.5 Å². The zero-order valence-electron chi connectivity index (χ0n) is 18.5. The van der Waals surface area contributed by atoms with Crippen LogP contribution in [-0.4, -0.2) is 37.6 Å². The second-order valence-electron chi connectivity index (χ2n) is 7.96. The predicted octanol–water partition coefficient (Wildman–Crippen LogP) is 4.23. The lowest BCUT2D eigenvalue weighted by molar-refractivity contribution is 0.0600. The maximum absolute atomic E-state index is 11.9. The highest BCUT2D eigenvalue weighted by Crippen LogP contribution is 2.40. The number of nitrogens with one attached hydrogen (secondary N) is 1. The molecule has 0 aliphatic carbocycles. The molecule has 1 fully saturated rings. The van der Waals surface area contributed by atoms with Crippen molar-refractivity contribution >= 4 is 23.3 Å². The highest BCUT2D eigenvalue weighted by molar-refractivity contribution is 7.80. The van der Waals surface area contributed by atoms with E-state index in [1.54, 1.807) is 24.5 Å². The van der Waals surface area contributed by atoms with Gasteiger partial charge >= 0.3 is 5.97 Å². The molecule has 4 aromatic rings. The standard InChI is InChI=1S/C26H23N5O2S/c1-33-25(32)19-9-11-20(12-10-19)30-15-5-8-22(30)24-23(21-7-2-3-14-28-21)29-26(34)31(24)17-18-6-4-13-27-16-18/h2-16,23-24H,17H2,1H3,(H,29,34)/t23-,24+/m0/s1. The molecular formula is C26H23N5O2S. The molecule has 0 bridgehead atoms. The zero-order chi connectivity index (χ0) is 23.5. The van der Waals surface area contributed by atoms with Gasteiger partial charge in [-0.05, 0) is 72.4 Å². The molecule has 0 unspecified atom stereocenters. The Morgan fingerprint density at radius 1 is 1.06 bits per heavy atom. The van der Waals surface area contributed by atoms with Gasteiger partial charge in [0.25, 0.3) is 0 Å². The van der Waals surface area contributed by atoms with E-state index < -0.39 is 0 Å². The number of esters is 1. The Balaban J connectivity index is 1.56. The summed E-state index contributed by atoms with van der Waals surface area (Å²) >= 11 is 5.79. The summed E-state index contributed by atoms with van der Waals surface area (Å²) in [5.41, 5.74) is 4.48. The first-order chi connectivity index (χ1) is 16.7. The fraction of sp³-hybridized carbons (Fsp3) is 0.154. The van der Waals surface area contributed by atoms with Gasteiger partial charge in [-0.1, -0.05) is 12.1 Å². The first-order valence-corrected chi connectivity index (χ1v) is 11.3. The Morgan fingerprint density at radius 2 is 1.91 bits per heavy atom. The van der Waals surface area contributed by atoms with Crippen molar-refractivity contribution in [2.75, 3.05) is 7.11 Å². The summed E-state index contributed by atoms with van der Waals surface area (Å²) in [7, 11) is 1.38. The molecule has 34 heavy (non-hydrogen) atoms.